The number of anilines is 1. The van der Waals surface area contributed by atoms with Crippen LogP contribution in [0.2, 0.25) is 5.02 Å². The molecule has 2 amide bonds. The number of likely N-dealkylation sites (tertiary alicyclic amines) is 1. The highest BCUT2D eigenvalue weighted by atomic mass is 35.5. The van der Waals surface area contributed by atoms with Crippen molar-refractivity contribution < 1.29 is 19.5 Å². The van der Waals surface area contributed by atoms with E-state index in [2.05, 4.69) is 5.32 Å². The van der Waals surface area contributed by atoms with Gasteiger partial charge in [-0.25, -0.2) is 4.79 Å². The first-order chi connectivity index (χ1) is 11.8. The lowest BCUT2D eigenvalue weighted by atomic mass is 9.92. The van der Waals surface area contributed by atoms with Crippen molar-refractivity contribution in [1.82, 2.24) is 4.90 Å². The summed E-state index contributed by atoms with van der Waals surface area (Å²) >= 11 is 7.24. The lowest BCUT2D eigenvalue weighted by Gasteiger charge is -2.37. The summed E-state index contributed by atoms with van der Waals surface area (Å²) in [7, 11) is 0. The van der Waals surface area contributed by atoms with Crippen molar-refractivity contribution in [2.45, 2.75) is 42.4 Å². The number of benzene rings is 1. The summed E-state index contributed by atoms with van der Waals surface area (Å²) in [6.07, 6.45) is 1.21. The summed E-state index contributed by atoms with van der Waals surface area (Å²) < 4.78 is 0. The largest absolute Gasteiger partial charge is 0.480 e. The van der Waals surface area contributed by atoms with Crippen molar-refractivity contribution in [3.63, 3.8) is 0 Å². The Balaban J connectivity index is 1.71. The number of amides is 2. The number of nitrogens with one attached hydrogen (secondary N) is 1. The van der Waals surface area contributed by atoms with Crippen LogP contribution in [0.4, 0.5) is 5.69 Å². The second-order valence-corrected chi connectivity index (χ2v) is 8.19. The highest BCUT2D eigenvalue weighted by Gasteiger charge is 2.37. The maximum Gasteiger partial charge on any atom is 0.326 e. The molecular weight excluding hydrogens is 364 g/mol. The summed E-state index contributed by atoms with van der Waals surface area (Å²) in [4.78, 5) is 38.7. The topological polar surface area (TPSA) is 86.7 Å². The molecule has 0 saturated carbocycles. The standard InChI is InChI=1S/C17H19ClN2O4S/c1-9-4-5-20(12(6-9)17(23)24)15(21)8-14-16(22)19-11-7-10(18)2-3-13(11)25-14/h2-3,7,9,12,14H,4-6,8H2,1H3,(H,19,22)(H,23,24). The average Bonchev–Trinajstić information content (AvgIpc) is 2.55. The molecule has 3 atom stereocenters. The summed E-state index contributed by atoms with van der Waals surface area (Å²) in [6.45, 7) is 2.41. The van der Waals surface area contributed by atoms with Gasteiger partial charge in [-0.1, -0.05) is 18.5 Å². The van der Waals surface area contributed by atoms with Crippen LogP contribution in [0.1, 0.15) is 26.2 Å². The van der Waals surface area contributed by atoms with Crippen LogP contribution in [0.15, 0.2) is 23.1 Å². The molecule has 8 heteroatoms. The van der Waals surface area contributed by atoms with Crippen LogP contribution < -0.4 is 5.32 Å². The van der Waals surface area contributed by atoms with Crippen molar-refractivity contribution in [3.05, 3.63) is 23.2 Å². The van der Waals surface area contributed by atoms with Gasteiger partial charge in [0.25, 0.3) is 0 Å². The molecule has 134 valence electrons. The van der Waals surface area contributed by atoms with Crippen LogP contribution in [-0.4, -0.2) is 45.6 Å². The van der Waals surface area contributed by atoms with Crippen LogP contribution in [0, 0.1) is 5.92 Å². The smallest absolute Gasteiger partial charge is 0.326 e. The van der Waals surface area contributed by atoms with E-state index in [-0.39, 0.29) is 24.2 Å². The maximum atomic E-state index is 12.6. The average molecular weight is 383 g/mol. The van der Waals surface area contributed by atoms with E-state index in [1.165, 1.54) is 16.7 Å². The number of carbonyl (C=O) groups excluding carboxylic acids is 2. The predicted molar refractivity (Wildman–Crippen MR) is 95.9 cm³/mol. The molecule has 1 aromatic rings. The number of piperidine rings is 1. The number of carbonyl (C=O) groups is 3. The molecule has 0 bridgehead atoms. The molecule has 2 heterocycles. The molecule has 2 N–H and O–H groups in total. The van der Waals surface area contributed by atoms with Crippen LogP contribution in [0.25, 0.3) is 0 Å². The number of halogens is 1. The van der Waals surface area contributed by atoms with Gasteiger partial charge in [-0.15, -0.1) is 11.8 Å². The van der Waals surface area contributed by atoms with Gasteiger partial charge in [0.15, 0.2) is 0 Å². The predicted octanol–water partition coefficient (Wildman–Crippen LogP) is 2.85. The number of fused-ring (bicyclic) bond motifs is 1. The number of hydrogen-bond donors (Lipinski definition) is 2. The van der Waals surface area contributed by atoms with Crippen molar-refractivity contribution in [1.29, 1.82) is 0 Å². The molecular formula is C17H19ClN2O4S. The SMILES string of the molecule is CC1CCN(C(=O)CC2Sc3ccc(Cl)cc3NC2=O)C(C(=O)O)C1. The van der Waals surface area contributed by atoms with Crippen LogP contribution in [0.5, 0.6) is 0 Å². The number of thioether (sulfide) groups is 1. The lowest BCUT2D eigenvalue weighted by molar-refractivity contribution is -0.153. The monoisotopic (exact) mass is 382 g/mol. The number of carboxylic acid groups (broad SMARTS) is 1. The Hall–Kier alpha value is -1.73. The van der Waals surface area contributed by atoms with Crippen LogP contribution in [-0.2, 0) is 14.4 Å². The Labute approximate surface area is 154 Å². The maximum absolute atomic E-state index is 12.6. The van der Waals surface area contributed by atoms with Gasteiger partial charge in [-0.2, -0.15) is 0 Å². The van der Waals surface area contributed by atoms with E-state index < -0.39 is 17.3 Å². The van der Waals surface area contributed by atoms with Crippen molar-refractivity contribution >= 4 is 46.8 Å². The second-order valence-electron chi connectivity index (χ2n) is 6.51. The van der Waals surface area contributed by atoms with E-state index in [4.69, 9.17) is 11.6 Å². The fraction of sp³-hybridized carbons (Fsp3) is 0.471. The first-order valence-electron chi connectivity index (χ1n) is 8.14. The van der Waals surface area contributed by atoms with Gasteiger partial charge in [0.1, 0.15) is 6.04 Å². The summed E-state index contributed by atoms with van der Waals surface area (Å²) in [5, 5.41) is 12.1. The molecule has 2 aliphatic rings. The minimum atomic E-state index is -0.986. The summed E-state index contributed by atoms with van der Waals surface area (Å²) in [5.74, 6) is -1.26. The molecule has 0 radical (unpaired) electrons. The Morgan fingerprint density at radius 2 is 2.20 bits per heavy atom. The number of hydrogen-bond acceptors (Lipinski definition) is 4. The van der Waals surface area contributed by atoms with Crippen molar-refractivity contribution in [3.8, 4) is 0 Å². The van der Waals surface area contributed by atoms with Crippen molar-refractivity contribution in [2.75, 3.05) is 11.9 Å². The van der Waals surface area contributed by atoms with Gasteiger partial charge in [0.2, 0.25) is 11.8 Å². The molecule has 3 rings (SSSR count). The Kier molecular flexibility index (Phi) is 5.24. The zero-order chi connectivity index (χ0) is 18.1. The summed E-state index contributed by atoms with van der Waals surface area (Å²) in [5.41, 5.74) is 0.640. The molecule has 2 aliphatic heterocycles. The molecule has 25 heavy (non-hydrogen) atoms. The molecule has 6 nitrogen and oxygen atoms in total. The van der Waals surface area contributed by atoms with E-state index >= 15 is 0 Å². The minimum absolute atomic E-state index is 0.0171. The van der Waals surface area contributed by atoms with Crippen molar-refractivity contribution in [2.24, 2.45) is 5.92 Å². The molecule has 0 aliphatic carbocycles. The molecule has 1 fully saturated rings. The van der Waals surface area contributed by atoms with E-state index in [0.717, 1.165) is 11.3 Å². The molecule has 3 unspecified atom stereocenters. The van der Waals surface area contributed by atoms with E-state index in [9.17, 15) is 19.5 Å². The minimum Gasteiger partial charge on any atom is -0.480 e. The highest BCUT2D eigenvalue weighted by Crippen LogP contribution is 2.38. The van der Waals surface area contributed by atoms with Gasteiger partial charge in [-0.05, 0) is 37.0 Å². The normalized spacial score (nSPS) is 25.9. The third kappa shape index (κ3) is 3.93. The van der Waals surface area contributed by atoms with Gasteiger partial charge in [0.05, 0.1) is 10.9 Å². The quantitative estimate of drug-likeness (QED) is 0.839. The Morgan fingerprint density at radius 1 is 1.44 bits per heavy atom. The molecule has 1 aromatic carbocycles. The zero-order valence-corrected chi connectivity index (χ0v) is 15.3. The van der Waals surface area contributed by atoms with Gasteiger partial charge in [-0.3, -0.25) is 9.59 Å². The number of nitrogens with zero attached hydrogens (tertiary/aromatic N) is 1. The summed E-state index contributed by atoms with van der Waals surface area (Å²) in [6, 6.07) is 4.41. The fourth-order valence-electron chi connectivity index (χ4n) is 3.21. The van der Waals surface area contributed by atoms with Gasteiger partial charge >= 0.3 is 5.97 Å². The van der Waals surface area contributed by atoms with Gasteiger partial charge in [0, 0.05) is 22.9 Å². The number of rotatable bonds is 3. The first kappa shape index (κ1) is 18.1. The third-order valence-electron chi connectivity index (χ3n) is 4.59. The van der Waals surface area contributed by atoms with Crippen LogP contribution >= 0.6 is 23.4 Å². The fourth-order valence-corrected chi connectivity index (χ4v) is 4.46. The number of carboxylic acids is 1. The third-order valence-corrected chi connectivity index (χ3v) is 6.10. The molecule has 0 aromatic heterocycles. The lowest BCUT2D eigenvalue weighted by Crippen LogP contribution is -2.50. The first-order valence-corrected chi connectivity index (χ1v) is 9.40. The van der Waals surface area contributed by atoms with E-state index in [1.54, 1.807) is 12.1 Å². The Morgan fingerprint density at radius 3 is 2.92 bits per heavy atom. The van der Waals surface area contributed by atoms with Crippen LogP contribution in [0.3, 0.4) is 0 Å². The zero-order valence-electron chi connectivity index (χ0n) is 13.7. The molecule has 0 spiro atoms. The van der Waals surface area contributed by atoms with E-state index in [0.29, 0.717) is 23.7 Å². The second kappa shape index (κ2) is 7.25. The Bertz CT molecular complexity index is 727. The highest BCUT2D eigenvalue weighted by molar-refractivity contribution is 8.01. The number of aliphatic carboxylic acids is 1. The molecule has 1 saturated heterocycles. The van der Waals surface area contributed by atoms with E-state index in [1.807, 2.05) is 13.0 Å². The van der Waals surface area contributed by atoms with Gasteiger partial charge < -0.3 is 15.3 Å².